The van der Waals surface area contributed by atoms with Crippen LogP contribution in [0.15, 0.2) is 72.9 Å². The number of fused-ring (bicyclic) bond motifs is 1. The van der Waals surface area contributed by atoms with Gasteiger partial charge >= 0.3 is 0 Å². The zero-order valence-corrected chi connectivity index (χ0v) is 25.5. The molecule has 42 heavy (non-hydrogen) atoms. The summed E-state index contributed by atoms with van der Waals surface area (Å²) in [4.78, 5) is 15.9. The van der Waals surface area contributed by atoms with Crippen molar-refractivity contribution >= 4 is 16.8 Å². The first kappa shape index (κ1) is 31.1. The van der Waals surface area contributed by atoms with Gasteiger partial charge in [0, 0.05) is 42.0 Å². The molecular formula is C35H44FN3O3. The predicted molar refractivity (Wildman–Crippen MR) is 168 cm³/mol. The third-order valence-electron chi connectivity index (χ3n) is 8.07. The molecule has 0 bridgehead atoms. The number of ether oxygens (including phenoxy) is 2. The van der Waals surface area contributed by atoms with Crippen LogP contribution in [0.3, 0.4) is 0 Å². The van der Waals surface area contributed by atoms with Crippen LogP contribution in [0.4, 0.5) is 4.39 Å². The molecule has 0 unspecified atom stereocenters. The Kier molecular flexibility index (Phi) is 11.0. The van der Waals surface area contributed by atoms with Crippen molar-refractivity contribution in [2.45, 2.75) is 58.5 Å². The van der Waals surface area contributed by atoms with Crippen LogP contribution >= 0.6 is 0 Å². The minimum absolute atomic E-state index is 0.0143. The van der Waals surface area contributed by atoms with E-state index in [1.165, 1.54) is 12.1 Å². The van der Waals surface area contributed by atoms with E-state index in [0.717, 1.165) is 60.1 Å². The Labute approximate surface area is 249 Å². The highest BCUT2D eigenvalue weighted by atomic mass is 19.1. The number of methoxy groups -OCH3 is 2. The average molecular weight is 574 g/mol. The van der Waals surface area contributed by atoms with Gasteiger partial charge in [-0.1, -0.05) is 50.2 Å². The SMILES string of the molecule is CCN(CC)CCC[C@H](C)NC(=O)C[C@H](c1ccc(OC)c(OC)c1)c1cn(Cc2ccc(F)cc2)c2ccccc12. The summed E-state index contributed by atoms with van der Waals surface area (Å²) in [7, 11) is 3.24. The fourth-order valence-electron chi connectivity index (χ4n) is 5.70. The number of amides is 1. The molecular weight excluding hydrogens is 529 g/mol. The fraction of sp³-hybridized carbons (Fsp3) is 0.400. The largest absolute Gasteiger partial charge is 0.493 e. The molecule has 0 aliphatic heterocycles. The Bertz CT molecular complexity index is 1450. The standard InChI is InChI=1S/C35H44FN3O3/c1-6-38(7-2)20-10-11-25(3)37-35(40)22-30(27-16-19-33(41-4)34(21-27)42-5)31-24-39(32-13-9-8-12-29(31)32)23-26-14-17-28(36)18-15-26/h8-9,12-19,21,24-25,30H,6-7,10-11,20,22-23H2,1-5H3,(H,37,40)/t25-,30+/m0/s1. The molecule has 6 nitrogen and oxygen atoms in total. The van der Waals surface area contributed by atoms with Crippen LogP contribution in [0, 0.1) is 5.82 Å². The third kappa shape index (κ3) is 7.71. The van der Waals surface area contributed by atoms with Crippen LogP contribution in [-0.2, 0) is 11.3 Å². The van der Waals surface area contributed by atoms with Crippen LogP contribution in [0.2, 0.25) is 0 Å². The Morgan fingerprint density at radius 2 is 1.69 bits per heavy atom. The summed E-state index contributed by atoms with van der Waals surface area (Å²) >= 11 is 0. The molecule has 0 aliphatic carbocycles. The van der Waals surface area contributed by atoms with Gasteiger partial charge in [-0.15, -0.1) is 0 Å². The molecule has 1 aromatic heterocycles. The van der Waals surface area contributed by atoms with E-state index < -0.39 is 0 Å². The summed E-state index contributed by atoms with van der Waals surface area (Å²) in [6.07, 6.45) is 4.40. The molecule has 1 N–H and O–H groups in total. The molecule has 0 aliphatic rings. The number of benzene rings is 3. The second-order valence-corrected chi connectivity index (χ2v) is 10.9. The molecule has 1 heterocycles. The number of carbonyl (C=O) groups excluding carboxylic acids is 1. The summed E-state index contributed by atoms with van der Waals surface area (Å²) in [5, 5.41) is 4.34. The van der Waals surface area contributed by atoms with Gasteiger partial charge in [-0.25, -0.2) is 4.39 Å². The Morgan fingerprint density at radius 3 is 2.38 bits per heavy atom. The predicted octanol–water partition coefficient (Wildman–Crippen LogP) is 6.99. The van der Waals surface area contributed by atoms with Gasteiger partial charge in [0.15, 0.2) is 11.5 Å². The lowest BCUT2D eigenvalue weighted by Crippen LogP contribution is -2.34. The molecule has 0 saturated carbocycles. The number of nitrogens with one attached hydrogen (secondary N) is 1. The van der Waals surface area contributed by atoms with Gasteiger partial charge in [0.05, 0.1) is 14.2 Å². The van der Waals surface area contributed by atoms with Crippen molar-refractivity contribution in [3.8, 4) is 11.5 Å². The first-order chi connectivity index (χ1) is 20.4. The van der Waals surface area contributed by atoms with Crippen molar-refractivity contribution in [1.29, 1.82) is 0 Å². The van der Waals surface area contributed by atoms with Gasteiger partial charge in [0.25, 0.3) is 0 Å². The van der Waals surface area contributed by atoms with Crippen molar-refractivity contribution in [3.63, 3.8) is 0 Å². The Hall–Kier alpha value is -3.84. The lowest BCUT2D eigenvalue weighted by atomic mass is 9.87. The second kappa shape index (κ2) is 14.9. The summed E-state index contributed by atoms with van der Waals surface area (Å²) in [5.41, 5.74) is 4.10. The highest BCUT2D eigenvalue weighted by Gasteiger charge is 2.25. The number of nitrogens with zero attached hydrogens (tertiary/aromatic N) is 2. The van der Waals surface area contributed by atoms with E-state index in [1.54, 1.807) is 14.2 Å². The summed E-state index contributed by atoms with van der Waals surface area (Å²) < 4.78 is 26.9. The molecule has 4 aromatic rings. The first-order valence-corrected chi connectivity index (χ1v) is 14.9. The molecule has 3 aromatic carbocycles. The van der Waals surface area contributed by atoms with Crippen molar-refractivity contribution < 1.29 is 18.7 Å². The number of hydrogen-bond donors (Lipinski definition) is 1. The topological polar surface area (TPSA) is 55.7 Å². The van der Waals surface area contributed by atoms with Crippen LogP contribution < -0.4 is 14.8 Å². The molecule has 0 radical (unpaired) electrons. The van der Waals surface area contributed by atoms with Crippen LogP contribution in [-0.4, -0.2) is 55.3 Å². The maximum absolute atomic E-state index is 13.6. The maximum atomic E-state index is 13.6. The smallest absolute Gasteiger partial charge is 0.221 e. The number of hydrogen-bond acceptors (Lipinski definition) is 4. The van der Waals surface area contributed by atoms with E-state index in [2.05, 4.69) is 53.9 Å². The molecule has 2 atom stereocenters. The summed E-state index contributed by atoms with van der Waals surface area (Å²) in [6.45, 7) is 10.2. The quantitative estimate of drug-likeness (QED) is 0.167. The van der Waals surface area contributed by atoms with E-state index in [0.29, 0.717) is 24.5 Å². The zero-order chi connectivity index (χ0) is 30.1. The van der Waals surface area contributed by atoms with Crippen molar-refractivity contribution in [1.82, 2.24) is 14.8 Å². The number of carbonyl (C=O) groups is 1. The lowest BCUT2D eigenvalue weighted by Gasteiger charge is -2.22. The highest BCUT2D eigenvalue weighted by molar-refractivity contribution is 5.87. The normalized spacial score (nSPS) is 12.8. The van der Waals surface area contributed by atoms with Crippen LogP contribution in [0.5, 0.6) is 11.5 Å². The van der Waals surface area contributed by atoms with E-state index in [1.807, 2.05) is 42.5 Å². The van der Waals surface area contributed by atoms with Crippen LogP contribution in [0.1, 0.15) is 62.6 Å². The highest BCUT2D eigenvalue weighted by Crippen LogP contribution is 2.38. The van der Waals surface area contributed by atoms with Crippen LogP contribution in [0.25, 0.3) is 10.9 Å². The van der Waals surface area contributed by atoms with E-state index >= 15 is 0 Å². The fourth-order valence-corrected chi connectivity index (χ4v) is 5.70. The molecule has 0 fully saturated rings. The van der Waals surface area contributed by atoms with Crippen molar-refractivity contribution in [2.75, 3.05) is 33.9 Å². The average Bonchev–Trinajstić information content (AvgIpc) is 3.36. The van der Waals surface area contributed by atoms with Gasteiger partial charge < -0.3 is 24.3 Å². The molecule has 4 rings (SSSR count). The number of halogens is 1. The molecule has 1 amide bonds. The zero-order valence-electron chi connectivity index (χ0n) is 25.5. The van der Waals surface area contributed by atoms with Crippen molar-refractivity contribution in [3.05, 3.63) is 95.4 Å². The Morgan fingerprint density at radius 1 is 0.976 bits per heavy atom. The van der Waals surface area contributed by atoms with Gasteiger partial charge in [-0.05, 0) is 86.4 Å². The number of rotatable bonds is 15. The minimum atomic E-state index is -0.251. The van der Waals surface area contributed by atoms with E-state index in [9.17, 15) is 9.18 Å². The second-order valence-electron chi connectivity index (χ2n) is 10.9. The summed E-state index contributed by atoms with van der Waals surface area (Å²) in [6, 6.07) is 20.8. The van der Waals surface area contributed by atoms with Crippen molar-refractivity contribution in [2.24, 2.45) is 0 Å². The monoisotopic (exact) mass is 573 g/mol. The van der Waals surface area contributed by atoms with Gasteiger partial charge in [-0.2, -0.15) is 0 Å². The van der Waals surface area contributed by atoms with Gasteiger partial charge in [0.2, 0.25) is 5.91 Å². The maximum Gasteiger partial charge on any atom is 0.221 e. The first-order valence-electron chi connectivity index (χ1n) is 14.9. The number of aromatic nitrogens is 1. The Balaban J connectivity index is 1.65. The van der Waals surface area contributed by atoms with E-state index in [-0.39, 0.29) is 23.7 Å². The van der Waals surface area contributed by atoms with Gasteiger partial charge in [-0.3, -0.25) is 4.79 Å². The summed E-state index contributed by atoms with van der Waals surface area (Å²) in [5.74, 6) is 0.816. The molecule has 224 valence electrons. The molecule has 0 saturated heterocycles. The van der Waals surface area contributed by atoms with E-state index in [4.69, 9.17) is 9.47 Å². The minimum Gasteiger partial charge on any atom is -0.493 e. The lowest BCUT2D eigenvalue weighted by molar-refractivity contribution is -0.121. The molecule has 0 spiro atoms. The molecule has 7 heteroatoms. The number of para-hydroxylation sites is 1. The van der Waals surface area contributed by atoms with Gasteiger partial charge in [0.1, 0.15) is 5.82 Å². The third-order valence-corrected chi connectivity index (χ3v) is 8.07.